The molecule has 208 valence electrons. The van der Waals surface area contributed by atoms with Gasteiger partial charge in [-0.1, -0.05) is 29.8 Å². The smallest absolute Gasteiger partial charge is 0.250 e. The second kappa shape index (κ2) is 12.8. The number of halogens is 1. The van der Waals surface area contributed by atoms with Crippen LogP contribution in [-0.2, 0) is 27.4 Å². The Labute approximate surface area is 236 Å². The number of amides is 2. The van der Waals surface area contributed by atoms with Crippen molar-refractivity contribution in [3.63, 3.8) is 0 Å². The molecule has 2 amide bonds. The number of furan rings is 1. The van der Waals surface area contributed by atoms with Crippen LogP contribution < -0.4 is 10.1 Å². The molecule has 5 rings (SSSR count). The number of aromatic nitrogens is 4. The van der Waals surface area contributed by atoms with Gasteiger partial charge in [-0.25, -0.2) is 0 Å². The van der Waals surface area contributed by atoms with E-state index in [4.69, 9.17) is 25.5 Å². The third-order valence-electron chi connectivity index (χ3n) is 6.60. The zero-order valence-corrected chi connectivity index (χ0v) is 22.7. The van der Waals surface area contributed by atoms with Gasteiger partial charge in [-0.15, -0.1) is 10.2 Å². The van der Waals surface area contributed by atoms with E-state index in [0.29, 0.717) is 41.1 Å². The average molecular weight is 565 g/mol. The van der Waals surface area contributed by atoms with Crippen LogP contribution in [0.1, 0.15) is 30.2 Å². The minimum atomic E-state index is -1.07. The second-order valence-electron chi connectivity index (χ2n) is 9.28. The highest BCUT2D eigenvalue weighted by Crippen LogP contribution is 2.27. The van der Waals surface area contributed by atoms with Crippen LogP contribution in [0.4, 0.5) is 0 Å². The van der Waals surface area contributed by atoms with Crippen molar-refractivity contribution < 1.29 is 23.5 Å². The number of methoxy groups -OCH3 is 1. The number of hydrogen-bond donors (Lipinski definition) is 1. The molecular formula is C28H29ClN6O5. The van der Waals surface area contributed by atoms with Crippen LogP contribution in [0.2, 0.25) is 5.02 Å². The van der Waals surface area contributed by atoms with Crippen molar-refractivity contribution in [1.82, 2.24) is 30.4 Å². The molecule has 0 radical (unpaired) electrons. The normalized spacial score (nSPS) is 15.5. The average Bonchev–Trinajstić information content (AvgIpc) is 3.77. The fraction of sp³-hybridized carbons (Fsp3) is 0.321. The van der Waals surface area contributed by atoms with E-state index in [9.17, 15) is 9.59 Å². The summed E-state index contributed by atoms with van der Waals surface area (Å²) >= 11 is 6.46. The van der Waals surface area contributed by atoms with Crippen LogP contribution in [0.5, 0.6) is 5.75 Å². The molecule has 0 saturated carbocycles. The van der Waals surface area contributed by atoms with Gasteiger partial charge in [-0.3, -0.25) is 9.59 Å². The van der Waals surface area contributed by atoms with Gasteiger partial charge in [-0.2, -0.15) is 4.80 Å². The molecule has 11 nitrogen and oxygen atoms in total. The summed E-state index contributed by atoms with van der Waals surface area (Å²) in [5.41, 5.74) is 1.39. The summed E-state index contributed by atoms with van der Waals surface area (Å²) in [4.78, 5) is 30.1. The lowest BCUT2D eigenvalue weighted by atomic mass is 10.1. The summed E-state index contributed by atoms with van der Waals surface area (Å²) in [5.74, 6) is 0.549. The number of tetrazole rings is 1. The molecule has 2 atom stereocenters. The second-order valence-corrected chi connectivity index (χ2v) is 9.69. The molecular weight excluding hydrogens is 536 g/mol. The minimum Gasteiger partial charge on any atom is -0.497 e. The first-order chi connectivity index (χ1) is 19.5. The first kappa shape index (κ1) is 27.4. The molecule has 3 heterocycles. The van der Waals surface area contributed by atoms with Crippen LogP contribution in [0.25, 0.3) is 11.4 Å². The van der Waals surface area contributed by atoms with Gasteiger partial charge in [0.2, 0.25) is 11.7 Å². The zero-order valence-electron chi connectivity index (χ0n) is 21.9. The number of rotatable bonds is 11. The zero-order chi connectivity index (χ0) is 27.9. The van der Waals surface area contributed by atoms with Crippen molar-refractivity contribution >= 4 is 23.4 Å². The summed E-state index contributed by atoms with van der Waals surface area (Å²) in [5, 5.41) is 15.9. The minimum absolute atomic E-state index is 0.0528. The number of carbonyl (C=O) groups is 2. The van der Waals surface area contributed by atoms with Crippen LogP contribution in [0.3, 0.4) is 0 Å². The lowest BCUT2D eigenvalue weighted by molar-refractivity contribution is -0.143. The maximum Gasteiger partial charge on any atom is 0.250 e. The number of carbonyl (C=O) groups excluding carboxylic acids is 2. The third kappa shape index (κ3) is 6.49. The number of ether oxygens (including phenoxy) is 2. The summed E-state index contributed by atoms with van der Waals surface area (Å²) in [6.45, 7) is 0.795. The predicted molar refractivity (Wildman–Crippen MR) is 145 cm³/mol. The van der Waals surface area contributed by atoms with Gasteiger partial charge in [0.1, 0.15) is 18.1 Å². The summed E-state index contributed by atoms with van der Waals surface area (Å²) in [7, 11) is 1.59. The highest BCUT2D eigenvalue weighted by molar-refractivity contribution is 6.31. The van der Waals surface area contributed by atoms with Gasteiger partial charge in [-0.05, 0) is 66.1 Å². The van der Waals surface area contributed by atoms with E-state index < -0.39 is 17.9 Å². The van der Waals surface area contributed by atoms with Crippen LogP contribution >= 0.6 is 11.6 Å². The third-order valence-corrected chi connectivity index (χ3v) is 6.97. The Morgan fingerprint density at radius 3 is 2.70 bits per heavy atom. The Hall–Kier alpha value is -4.22. The van der Waals surface area contributed by atoms with Crippen LogP contribution in [0, 0.1) is 0 Å². The van der Waals surface area contributed by atoms with E-state index >= 15 is 0 Å². The molecule has 0 unspecified atom stereocenters. The van der Waals surface area contributed by atoms with E-state index in [2.05, 4.69) is 20.7 Å². The summed E-state index contributed by atoms with van der Waals surface area (Å²) in [6.07, 6.45) is 3.21. The molecule has 1 N–H and O–H groups in total. The molecule has 1 saturated heterocycles. The van der Waals surface area contributed by atoms with Crippen molar-refractivity contribution in [2.24, 2.45) is 0 Å². The molecule has 40 heavy (non-hydrogen) atoms. The highest BCUT2D eigenvalue weighted by atomic mass is 35.5. The fourth-order valence-electron chi connectivity index (χ4n) is 4.50. The lowest BCUT2D eigenvalue weighted by Gasteiger charge is -2.30. The maximum absolute atomic E-state index is 13.9. The molecule has 1 aliphatic heterocycles. The van der Waals surface area contributed by atoms with Crippen molar-refractivity contribution in [3.8, 4) is 17.1 Å². The fourth-order valence-corrected chi connectivity index (χ4v) is 4.69. The molecule has 4 aromatic rings. The van der Waals surface area contributed by atoms with Crippen molar-refractivity contribution in [3.05, 3.63) is 83.3 Å². The number of nitrogens with zero attached hydrogens (tertiary/aromatic N) is 5. The van der Waals surface area contributed by atoms with Crippen LogP contribution in [0.15, 0.2) is 71.3 Å². The monoisotopic (exact) mass is 564 g/mol. The number of benzene rings is 2. The quantitative estimate of drug-likeness (QED) is 0.293. The molecule has 0 aliphatic carbocycles. The highest BCUT2D eigenvalue weighted by Gasteiger charge is 2.35. The van der Waals surface area contributed by atoms with Crippen molar-refractivity contribution in [2.75, 3.05) is 20.3 Å². The molecule has 1 aliphatic rings. The van der Waals surface area contributed by atoms with Gasteiger partial charge >= 0.3 is 0 Å². The van der Waals surface area contributed by atoms with E-state index in [-0.39, 0.29) is 19.2 Å². The van der Waals surface area contributed by atoms with Crippen molar-refractivity contribution in [1.29, 1.82) is 0 Å². The summed E-state index contributed by atoms with van der Waals surface area (Å²) in [6, 6.07) is 16.6. The molecule has 1 fully saturated rings. The Balaban J connectivity index is 1.41. The van der Waals surface area contributed by atoms with Crippen LogP contribution in [-0.4, -0.2) is 63.3 Å². The SMILES string of the molecule is COc1ccc(-c2nnn(CC(=O)N(Cc3ccccc3Cl)[C@@H](C(=O)NC[C@H]3CCCO3)c3ccco3)n2)cc1. The maximum atomic E-state index is 13.9. The first-order valence-electron chi connectivity index (χ1n) is 12.9. The Morgan fingerprint density at radius 2 is 2.00 bits per heavy atom. The van der Waals surface area contributed by atoms with Gasteiger partial charge in [0.05, 0.1) is 19.5 Å². The molecule has 2 aromatic carbocycles. The van der Waals surface area contributed by atoms with Gasteiger partial charge in [0.15, 0.2) is 6.04 Å². The van der Waals surface area contributed by atoms with Gasteiger partial charge in [0.25, 0.3) is 5.91 Å². The Morgan fingerprint density at radius 1 is 1.18 bits per heavy atom. The lowest BCUT2D eigenvalue weighted by Crippen LogP contribution is -2.46. The van der Waals surface area contributed by atoms with E-state index in [1.54, 1.807) is 55.6 Å². The standard InChI is InChI=1S/C28H29ClN6O5/c1-38-21-12-10-19(11-13-21)27-31-33-35(32-27)18-25(36)34(17-20-6-2-3-8-23(20)29)26(24-9-5-15-40-24)28(37)30-16-22-7-4-14-39-22/h2-3,5-6,8-13,15,22,26H,4,7,14,16-18H2,1H3,(H,30,37)/t22-,26-/m1/s1. The van der Waals surface area contributed by atoms with Gasteiger partial charge in [0, 0.05) is 30.3 Å². The van der Waals surface area contributed by atoms with E-state index in [1.807, 2.05) is 12.1 Å². The largest absolute Gasteiger partial charge is 0.497 e. The van der Waals surface area contributed by atoms with E-state index in [0.717, 1.165) is 18.4 Å². The first-order valence-corrected chi connectivity index (χ1v) is 13.3. The Kier molecular flexibility index (Phi) is 8.72. The van der Waals surface area contributed by atoms with E-state index in [1.165, 1.54) is 16.0 Å². The molecule has 12 heteroatoms. The number of nitrogens with one attached hydrogen (secondary N) is 1. The Bertz CT molecular complexity index is 1420. The predicted octanol–water partition coefficient (Wildman–Crippen LogP) is 3.66. The van der Waals surface area contributed by atoms with Gasteiger partial charge < -0.3 is 24.1 Å². The summed E-state index contributed by atoms with van der Waals surface area (Å²) < 4.78 is 16.5. The van der Waals surface area contributed by atoms with Crippen molar-refractivity contribution in [2.45, 2.75) is 38.1 Å². The molecule has 2 aromatic heterocycles. The topological polar surface area (TPSA) is 125 Å². The molecule has 0 bridgehead atoms. The molecule has 0 spiro atoms. The number of hydrogen-bond acceptors (Lipinski definition) is 8.